The van der Waals surface area contributed by atoms with E-state index in [-0.39, 0.29) is 0 Å². The molecule has 3 atom stereocenters. The third kappa shape index (κ3) is 2.73. The van der Waals surface area contributed by atoms with Crippen molar-refractivity contribution in [1.82, 2.24) is 9.97 Å². The van der Waals surface area contributed by atoms with Crippen molar-refractivity contribution in [2.45, 2.75) is 45.1 Å². The van der Waals surface area contributed by atoms with E-state index in [9.17, 15) is 0 Å². The number of hydrogen-bond acceptors (Lipinski definition) is 4. The normalized spacial score (nSPS) is 30.4. The van der Waals surface area contributed by atoms with Crippen LogP contribution in [0.2, 0.25) is 0 Å². The highest BCUT2D eigenvalue weighted by molar-refractivity contribution is 5.40. The first-order valence-electron chi connectivity index (χ1n) is 7.57. The lowest BCUT2D eigenvalue weighted by Gasteiger charge is -2.27. The lowest BCUT2D eigenvalue weighted by molar-refractivity contribution is 0.271. The number of nitrogens with two attached hydrogens (primary N) is 1. The molecule has 0 radical (unpaired) electrons. The maximum Gasteiger partial charge on any atom is 0.132 e. The zero-order valence-corrected chi connectivity index (χ0v) is 11.8. The highest BCUT2D eigenvalue weighted by Crippen LogP contribution is 2.37. The van der Waals surface area contributed by atoms with E-state index in [1.165, 1.54) is 25.0 Å². The second kappa shape index (κ2) is 5.45. The summed E-state index contributed by atoms with van der Waals surface area (Å²) in [5.74, 6) is 2.71. The smallest absolute Gasteiger partial charge is 0.132 e. The van der Waals surface area contributed by atoms with Gasteiger partial charge < -0.3 is 10.6 Å². The van der Waals surface area contributed by atoms with Gasteiger partial charge in [0.25, 0.3) is 0 Å². The minimum absolute atomic E-state index is 0.419. The maximum atomic E-state index is 6.09. The standard InChI is InChI=1S/C15H24N4/c1-2-3-14-7-15(18-10-17-14)19-8-11-4-5-13(16)6-12(11)9-19/h7,10-13H,2-6,8-9,16H2,1H3/t11-,12+,13?/m1/s1. The fraction of sp³-hybridized carbons (Fsp3) is 0.733. The van der Waals surface area contributed by atoms with Gasteiger partial charge in [-0.15, -0.1) is 0 Å². The van der Waals surface area contributed by atoms with Crippen molar-refractivity contribution in [3.05, 3.63) is 18.1 Å². The van der Waals surface area contributed by atoms with E-state index in [1.54, 1.807) is 6.33 Å². The number of aryl methyl sites for hydroxylation is 1. The molecule has 0 amide bonds. The van der Waals surface area contributed by atoms with E-state index in [4.69, 9.17) is 5.73 Å². The van der Waals surface area contributed by atoms with Gasteiger partial charge in [0.15, 0.2) is 0 Å². The summed E-state index contributed by atoms with van der Waals surface area (Å²) in [6, 6.07) is 2.59. The summed E-state index contributed by atoms with van der Waals surface area (Å²) in [4.78, 5) is 11.2. The van der Waals surface area contributed by atoms with Gasteiger partial charge in [0.2, 0.25) is 0 Å². The van der Waals surface area contributed by atoms with Crippen LogP contribution in [0.4, 0.5) is 5.82 Å². The summed E-state index contributed by atoms with van der Waals surface area (Å²) in [6.07, 6.45) is 7.56. The van der Waals surface area contributed by atoms with Gasteiger partial charge in [-0.2, -0.15) is 0 Å². The molecule has 3 rings (SSSR count). The molecule has 104 valence electrons. The van der Waals surface area contributed by atoms with Crippen molar-refractivity contribution in [1.29, 1.82) is 0 Å². The molecule has 1 aliphatic carbocycles. The van der Waals surface area contributed by atoms with Gasteiger partial charge in [0.1, 0.15) is 12.1 Å². The number of hydrogen-bond donors (Lipinski definition) is 1. The predicted molar refractivity (Wildman–Crippen MR) is 77.0 cm³/mol. The molecule has 4 heteroatoms. The van der Waals surface area contributed by atoms with E-state index in [2.05, 4.69) is 27.9 Å². The number of rotatable bonds is 3. The summed E-state index contributed by atoms with van der Waals surface area (Å²) in [5, 5.41) is 0. The minimum atomic E-state index is 0.419. The van der Waals surface area contributed by atoms with Crippen LogP contribution in [0.5, 0.6) is 0 Å². The van der Waals surface area contributed by atoms with E-state index in [1.807, 2.05) is 0 Å². The molecular weight excluding hydrogens is 236 g/mol. The lowest BCUT2D eigenvalue weighted by atomic mass is 9.79. The van der Waals surface area contributed by atoms with Crippen LogP contribution >= 0.6 is 0 Å². The zero-order chi connectivity index (χ0) is 13.2. The Balaban J connectivity index is 1.71. The molecule has 1 unspecified atom stereocenters. The van der Waals surface area contributed by atoms with Crippen LogP contribution in [0, 0.1) is 11.8 Å². The van der Waals surface area contributed by atoms with Crippen LogP contribution in [0.15, 0.2) is 12.4 Å². The molecule has 2 fully saturated rings. The van der Waals surface area contributed by atoms with Crippen molar-refractivity contribution < 1.29 is 0 Å². The third-order valence-corrected chi connectivity index (χ3v) is 4.63. The van der Waals surface area contributed by atoms with Crippen molar-refractivity contribution in [2.24, 2.45) is 17.6 Å². The van der Waals surface area contributed by atoms with Crippen molar-refractivity contribution >= 4 is 5.82 Å². The second-order valence-electron chi connectivity index (χ2n) is 6.12. The molecule has 4 nitrogen and oxygen atoms in total. The Hall–Kier alpha value is -1.16. The van der Waals surface area contributed by atoms with E-state index >= 15 is 0 Å². The lowest BCUT2D eigenvalue weighted by Crippen LogP contribution is -2.32. The summed E-state index contributed by atoms with van der Waals surface area (Å²) >= 11 is 0. The van der Waals surface area contributed by atoms with E-state index in [0.717, 1.165) is 43.6 Å². The third-order valence-electron chi connectivity index (χ3n) is 4.63. The van der Waals surface area contributed by atoms with Crippen LogP contribution in [0.25, 0.3) is 0 Å². The molecule has 0 bridgehead atoms. The number of nitrogens with zero attached hydrogens (tertiary/aromatic N) is 3. The molecular formula is C15H24N4. The van der Waals surface area contributed by atoms with Gasteiger partial charge in [-0.25, -0.2) is 9.97 Å². The van der Waals surface area contributed by atoms with Gasteiger partial charge >= 0.3 is 0 Å². The largest absolute Gasteiger partial charge is 0.356 e. The fourth-order valence-corrected chi connectivity index (χ4v) is 3.61. The average Bonchev–Trinajstić information content (AvgIpc) is 2.82. The van der Waals surface area contributed by atoms with Gasteiger partial charge in [0, 0.05) is 30.9 Å². The maximum absolute atomic E-state index is 6.09. The van der Waals surface area contributed by atoms with Gasteiger partial charge in [-0.1, -0.05) is 13.3 Å². The molecule has 1 saturated carbocycles. The Kier molecular flexibility index (Phi) is 3.69. The summed E-state index contributed by atoms with van der Waals surface area (Å²) in [7, 11) is 0. The summed E-state index contributed by atoms with van der Waals surface area (Å²) < 4.78 is 0. The molecule has 0 spiro atoms. The number of anilines is 1. The number of fused-ring (bicyclic) bond motifs is 1. The average molecular weight is 260 g/mol. The van der Waals surface area contributed by atoms with E-state index < -0.39 is 0 Å². The van der Waals surface area contributed by atoms with Crippen LogP contribution in [-0.2, 0) is 6.42 Å². The van der Waals surface area contributed by atoms with Gasteiger partial charge in [0.05, 0.1) is 0 Å². The first kappa shape index (κ1) is 12.9. The van der Waals surface area contributed by atoms with Crippen LogP contribution in [0.3, 0.4) is 0 Å². The Morgan fingerprint density at radius 3 is 2.95 bits per heavy atom. The monoisotopic (exact) mass is 260 g/mol. The van der Waals surface area contributed by atoms with Crippen LogP contribution < -0.4 is 10.6 Å². The zero-order valence-electron chi connectivity index (χ0n) is 11.8. The minimum Gasteiger partial charge on any atom is -0.356 e. The molecule has 19 heavy (non-hydrogen) atoms. The quantitative estimate of drug-likeness (QED) is 0.903. The predicted octanol–water partition coefficient (Wildman–Crippen LogP) is 1.99. The van der Waals surface area contributed by atoms with Crippen molar-refractivity contribution in [3.8, 4) is 0 Å². The SMILES string of the molecule is CCCc1cc(N2C[C@H]3CCC(N)C[C@H]3C2)ncn1. The molecule has 2 N–H and O–H groups in total. The Labute approximate surface area is 115 Å². The Morgan fingerprint density at radius 1 is 1.26 bits per heavy atom. The first-order chi connectivity index (χ1) is 9.26. The Bertz CT molecular complexity index is 434. The first-order valence-corrected chi connectivity index (χ1v) is 7.57. The Morgan fingerprint density at radius 2 is 2.11 bits per heavy atom. The van der Waals surface area contributed by atoms with Gasteiger partial charge in [-0.3, -0.25) is 0 Å². The molecule has 1 saturated heterocycles. The molecule has 1 aromatic heterocycles. The molecule has 1 aliphatic heterocycles. The van der Waals surface area contributed by atoms with Gasteiger partial charge in [-0.05, 0) is 37.5 Å². The van der Waals surface area contributed by atoms with Crippen molar-refractivity contribution in [3.63, 3.8) is 0 Å². The van der Waals surface area contributed by atoms with Crippen molar-refractivity contribution in [2.75, 3.05) is 18.0 Å². The molecule has 1 aromatic rings. The summed E-state index contributed by atoms with van der Waals surface area (Å²) in [6.45, 7) is 4.47. The second-order valence-corrected chi connectivity index (χ2v) is 6.12. The van der Waals surface area contributed by atoms with Crippen LogP contribution in [-0.4, -0.2) is 29.1 Å². The molecule has 2 heterocycles. The highest BCUT2D eigenvalue weighted by atomic mass is 15.2. The fourth-order valence-electron chi connectivity index (χ4n) is 3.61. The highest BCUT2D eigenvalue weighted by Gasteiger charge is 2.37. The summed E-state index contributed by atoms with van der Waals surface area (Å²) in [5.41, 5.74) is 7.26. The molecule has 0 aromatic carbocycles. The van der Waals surface area contributed by atoms with Crippen LogP contribution in [0.1, 0.15) is 38.3 Å². The molecule has 2 aliphatic rings. The van der Waals surface area contributed by atoms with E-state index in [0.29, 0.717) is 6.04 Å². The topological polar surface area (TPSA) is 55.0 Å². The number of aromatic nitrogens is 2.